The van der Waals surface area contributed by atoms with Gasteiger partial charge < -0.3 is 0 Å². The summed E-state index contributed by atoms with van der Waals surface area (Å²) in [7, 11) is 0. The molecule has 1 nitrogen and oxygen atoms in total. The molecule has 2 heteroatoms. The summed E-state index contributed by atoms with van der Waals surface area (Å²) >= 11 is 0.122. The van der Waals surface area contributed by atoms with Crippen molar-refractivity contribution in [2.45, 2.75) is 0 Å². The summed E-state index contributed by atoms with van der Waals surface area (Å²) in [6.07, 6.45) is 0. The predicted octanol–water partition coefficient (Wildman–Crippen LogP) is 1.73. The van der Waals surface area contributed by atoms with Crippen molar-refractivity contribution < 1.29 is 21.2 Å². The van der Waals surface area contributed by atoms with Crippen molar-refractivity contribution in [1.29, 1.82) is 0 Å². The molecule has 21 heavy (non-hydrogen) atoms. The Balaban J connectivity index is 2.19. The second-order valence-electron chi connectivity index (χ2n) is 5.40. The van der Waals surface area contributed by atoms with Crippen LogP contribution in [0, 0.1) is 3.57 Å². The van der Waals surface area contributed by atoms with Crippen molar-refractivity contribution >= 4 is 38.1 Å². The Morgan fingerprint density at radius 2 is 1.43 bits per heavy atom. The van der Waals surface area contributed by atoms with Crippen LogP contribution in [-0.2, 0) is 0 Å². The first-order valence-corrected chi connectivity index (χ1v) is 10.3. The molecule has 0 saturated carbocycles. The Morgan fingerprint density at radius 1 is 0.714 bits per heavy atom. The first kappa shape index (κ1) is 11.8. The van der Waals surface area contributed by atoms with E-state index < -0.39 is 0 Å². The van der Waals surface area contributed by atoms with Crippen LogP contribution in [0.25, 0.3) is 38.1 Å². The SMILES string of the molecule is C[I-]c1ccc2c3cccc4c5ccccc5n(c2c1)c43. The van der Waals surface area contributed by atoms with Gasteiger partial charge in [0, 0.05) is 0 Å². The summed E-state index contributed by atoms with van der Waals surface area (Å²) in [5.41, 5.74) is 4.06. The Morgan fingerprint density at radius 3 is 2.24 bits per heavy atom. The number of benzene rings is 3. The van der Waals surface area contributed by atoms with Gasteiger partial charge in [-0.2, -0.15) is 0 Å². The molecule has 0 atom stereocenters. The van der Waals surface area contributed by atoms with E-state index in [-0.39, 0.29) is 21.2 Å². The summed E-state index contributed by atoms with van der Waals surface area (Å²) in [6.45, 7) is 0. The van der Waals surface area contributed by atoms with Gasteiger partial charge in [0.05, 0.1) is 0 Å². The standard InChI is InChI=1S/C19H13IN/c1-20-12-9-10-14-16-7-4-6-15-13-5-2-3-8-17(13)21(19(15)16)18(14)11-12/h2-11H,1H3/q-1. The minimum absolute atomic E-state index is 0.122. The number of nitrogens with zero attached hydrogens (tertiary/aromatic N) is 1. The van der Waals surface area contributed by atoms with Crippen molar-refractivity contribution in [1.82, 2.24) is 4.40 Å². The number of hydrogen-bond acceptors (Lipinski definition) is 0. The van der Waals surface area contributed by atoms with E-state index in [0.717, 1.165) is 0 Å². The predicted molar refractivity (Wildman–Crippen MR) is 85.7 cm³/mol. The van der Waals surface area contributed by atoms with Gasteiger partial charge in [0.25, 0.3) is 0 Å². The van der Waals surface area contributed by atoms with Crippen LogP contribution in [0.4, 0.5) is 0 Å². The molecule has 0 bridgehead atoms. The molecule has 3 aromatic carbocycles. The zero-order chi connectivity index (χ0) is 14.0. The van der Waals surface area contributed by atoms with E-state index in [1.165, 1.54) is 41.7 Å². The van der Waals surface area contributed by atoms with Gasteiger partial charge in [-0.15, -0.1) is 0 Å². The fourth-order valence-electron chi connectivity index (χ4n) is 3.52. The third-order valence-electron chi connectivity index (χ3n) is 4.40. The first-order chi connectivity index (χ1) is 10.4. The Labute approximate surface area is 132 Å². The van der Waals surface area contributed by atoms with E-state index in [0.29, 0.717) is 0 Å². The molecule has 0 saturated heterocycles. The number of halogens is 1. The van der Waals surface area contributed by atoms with E-state index in [1.54, 1.807) is 0 Å². The van der Waals surface area contributed by atoms with Crippen LogP contribution in [0.2, 0.25) is 0 Å². The topological polar surface area (TPSA) is 4.41 Å². The van der Waals surface area contributed by atoms with Crippen molar-refractivity contribution in [2.24, 2.45) is 0 Å². The van der Waals surface area contributed by atoms with E-state index >= 15 is 0 Å². The summed E-state index contributed by atoms with van der Waals surface area (Å²) in [4.78, 5) is 2.33. The Kier molecular flexibility index (Phi) is 2.31. The maximum absolute atomic E-state index is 2.46. The average molecular weight is 382 g/mol. The van der Waals surface area contributed by atoms with E-state index in [1.807, 2.05) is 0 Å². The van der Waals surface area contributed by atoms with Gasteiger partial charge in [0.15, 0.2) is 0 Å². The van der Waals surface area contributed by atoms with Crippen LogP contribution in [-0.4, -0.2) is 9.33 Å². The van der Waals surface area contributed by atoms with E-state index in [2.05, 4.69) is 70.0 Å². The maximum atomic E-state index is 2.46. The van der Waals surface area contributed by atoms with Crippen molar-refractivity contribution in [3.8, 4) is 0 Å². The van der Waals surface area contributed by atoms with Gasteiger partial charge in [0.1, 0.15) is 0 Å². The average Bonchev–Trinajstić information content (AvgIpc) is 3.06. The quantitative estimate of drug-likeness (QED) is 0.307. The molecule has 0 N–H and O–H groups in total. The summed E-state index contributed by atoms with van der Waals surface area (Å²) in [6, 6.07) is 22.4. The summed E-state index contributed by atoms with van der Waals surface area (Å²) in [5, 5.41) is 5.48. The van der Waals surface area contributed by atoms with Gasteiger partial charge in [-0.1, -0.05) is 0 Å². The van der Waals surface area contributed by atoms with Crippen molar-refractivity contribution in [2.75, 3.05) is 4.93 Å². The number of alkyl halides is 1. The van der Waals surface area contributed by atoms with Crippen LogP contribution >= 0.6 is 0 Å². The second-order valence-corrected chi connectivity index (χ2v) is 7.73. The molecular weight excluding hydrogens is 369 g/mol. The molecule has 0 radical (unpaired) electrons. The second kappa shape index (κ2) is 4.10. The molecule has 0 amide bonds. The summed E-state index contributed by atoms with van der Waals surface area (Å²) in [5.74, 6) is 0. The van der Waals surface area contributed by atoms with Crippen LogP contribution in [0.3, 0.4) is 0 Å². The Hall–Kier alpha value is -1.81. The van der Waals surface area contributed by atoms with Gasteiger partial charge in [0.2, 0.25) is 0 Å². The molecule has 0 spiro atoms. The van der Waals surface area contributed by atoms with Crippen molar-refractivity contribution in [3.05, 3.63) is 64.2 Å². The number of para-hydroxylation sites is 2. The minimum atomic E-state index is 0.122. The molecule has 5 rings (SSSR count). The van der Waals surface area contributed by atoms with Crippen LogP contribution in [0.5, 0.6) is 0 Å². The molecule has 2 aromatic heterocycles. The molecule has 0 fully saturated rings. The molecule has 0 aliphatic heterocycles. The number of fused-ring (bicyclic) bond motifs is 6. The normalized spacial score (nSPS) is 12.4. The van der Waals surface area contributed by atoms with Gasteiger partial charge in [-0.25, -0.2) is 0 Å². The molecule has 2 heterocycles. The molecule has 0 aliphatic rings. The zero-order valence-electron chi connectivity index (χ0n) is 11.6. The Bertz CT molecular complexity index is 1120. The van der Waals surface area contributed by atoms with Gasteiger partial charge >= 0.3 is 133 Å². The molecule has 102 valence electrons. The zero-order valence-corrected chi connectivity index (χ0v) is 13.8. The third-order valence-corrected chi connectivity index (χ3v) is 6.32. The molecule has 0 aliphatic carbocycles. The molecule has 5 aromatic rings. The van der Waals surface area contributed by atoms with Crippen LogP contribution in [0.1, 0.15) is 0 Å². The number of aromatic nitrogens is 1. The van der Waals surface area contributed by atoms with Gasteiger partial charge in [-0.3, -0.25) is 0 Å². The first-order valence-electron chi connectivity index (χ1n) is 7.05. The van der Waals surface area contributed by atoms with E-state index in [4.69, 9.17) is 0 Å². The summed E-state index contributed by atoms with van der Waals surface area (Å²) < 4.78 is 3.96. The van der Waals surface area contributed by atoms with Gasteiger partial charge in [-0.05, 0) is 0 Å². The molecule has 0 unspecified atom stereocenters. The molecular formula is C19H13IN-. The third kappa shape index (κ3) is 1.41. The number of rotatable bonds is 1. The van der Waals surface area contributed by atoms with Crippen LogP contribution < -0.4 is 21.2 Å². The van der Waals surface area contributed by atoms with E-state index in [9.17, 15) is 0 Å². The number of hydrogen-bond donors (Lipinski definition) is 0. The fraction of sp³-hybridized carbons (Fsp3) is 0.0526. The van der Waals surface area contributed by atoms with Crippen molar-refractivity contribution in [3.63, 3.8) is 0 Å². The fourth-order valence-corrected chi connectivity index (χ4v) is 4.67. The monoisotopic (exact) mass is 382 g/mol. The van der Waals surface area contributed by atoms with Crippen LogP contribution in [0.15, 0.2) is 60.7 Å².